The van der Waals surface area contributed by atoms with E-state index in [0.29, 0.717) is 17.1 Å². The van der Waals surface area contributed by atoms with Crippen LogP contribution in [0.15, 0.2) is 79.3 Å². The second kappa shape index (κ2) is 7.61. The van der Waals surface area contributed by atoms with Crippen molar-refractivity contribution in [2.75, 3.05) is 4.90 Å². The molecule has 5 nitrogen and oxygen atoms in total. The Hall–Kier alpha value is -3.47. The van der Waals surface area contributed by atoms with Gasteiger partial charge in [0.25, 0.3) is 5.91 Å². The molecule has 3 aromatic rings. The molecule has 0 saturated carbocycles. The number of imidazole rings is 1. The number of benzene rings is 2. The molecule has 0 aliphatic carbocycles. The number of rotatable bonds is 5. The fraction of sp³-hybridized carbons (Fsp3) is 0.0952. The molecule has 0 spiro atoms. The molecule has 0 radical (unpaired) electrons. The summed E-state index contributed by atoms with van der Waals surface area (Å²) in [5, 5.41) is 0. The Labute approximate surface area is 152 Å². The molecule has 0 N–H and O–H groups in total. The monoisotopic (exact) mass is 345 g/mol. The zero-order chi connectivity index (χ0) is 18.5. The van der Waals surface area contributed by atoms with E-state index in [1.807, 2.05) is 49.4 Å². The molecule has 0 saturated heterocycles. The molecule has 2 aromatic carbocycles. The fourth-order valence-corrected chi connectivity index (χ4v) is 2.50. The lowest BCUT2D eigenvalue weighted by molar-refractivity contribution is 0.0985. The average Bonchev–Trinajstić information content (AvgIpc) is 3.09. The summed E-state index contributed by atoms with van der Waals surface area (Å²) in [6.07, 6.45) is 6.17. The summed E-state index contributed by atoms with van der Waals surface area (Å²) in [6.45, 7) is 1.97. The zero-order valence-electron chi connectivity index (χ0n) is 14.7. The number of anilines is 1. The van der Waals surface area contributed by atoms with Crippen molar-refractivity contribution in [2.45, 2.75) is 6.92 Å². The number of allylic oxidation sites excluding steroid dienone is 1. The van der Waals surface area contributed by atoms with Crippen LogP contribution in [0.2, 0.25) is 0 Å². The van der Waals surface area contributed by atoms with Gasteiger partial charge in [-0.05, 0) is 19.1 Å². The number of ketones is 1. The number of hydrogen-bond acceptors (Lipinski definition) is 3. The Morgan fingerprint density at radius 2 is 1.73 bits per heavy atom. The average molecular weight is 345 g/mol. The van der Waals surface area contributed by atoms with E-state index in [1.54, 1.807) is 36.1 Å². The second-order valence-corrected chi connectivity index (χ2v) is 5.92. The second-order valence-electron chi connectivity index (χ2n) is 5.92. The van der Waals surface area contributed by atoms with Gasteiger partial charge in [-0.25, -0.2) is 4.98 Å². The molecule has 0 aliphatic heterocycles. The number of carbonyl (C=O) groups is 2. The topological polar surface area (TPSA) is 55.2 Å². The Morgan fingerprint density at radius 3 is 2.35 bits per heavy atom. The van der Waals surface area contributed by atoms with Crippen LogP contribution in [0.5, 0.6) is 0 Å². The van der Waals surface area contributed by atoms with Crippen molar-refractivity contribution in [1.29, 1.82) is 0 Å². The highest BCUT2D eigenvalue weighted by atomic mass is 16.2. The lowest BCUT2D eigenvalue weighted by Gasteiger charge is -2.18. The lowest BCUT2D eigenvalue weighted by Crippen LogP contribution is -2.28. The molecule has 0 bridgehead atoms. The number of nitrogens with zero attached hydrogens (tertiary/aromatic N) is 3. The third-order valence-electron chi connectivity index (χ3n) is 3.98. The molecule has 1 heterocycles. The normalized spacial score (nSPS) is 10.8. The first-order valence-corrected chi connectivity index (χ1v) is 8.21. The molecule has 0 aliphatic rings. The van der Waals surface area contributed by atoms with Crippen molar-refractivity contribution in [1.82, 2.24) is 9.55 Å². The number of para-hydroxylation sites is 1. The van der Waals surface area contributed by atoms with Crippen LogP contribution >= 0.6 is 0 Å². The van der Waals surface area contributed by atoms with Gasteiger partial charge >= 0.3 is 0 Å². The summed E-state index contributed by atoms with van der Waals surface area (Å²) in [6, 6.07) is 16.5. The van der Waals surface area contributed by atoms with Gasteiger partial charge in [0.2, 0.25) is 0 Å². The quantitative estimate of drug-likeness (QED) is 0.522. The maximum absolute atomic E-state index is 12.9. The van der Waals surface area contributed by atoms with E-state index in [9.17, 15) is 9.59 Å². The number of aryl methyl sites for hydroxylation is 2. The number of amides is 1. The Balaban J connectivity index is 1.91. The van der Waals surface area contributed by atoms with Gasteiger partial charge in [0, 0.05) is 43.0 Å². The van der Waals surface area contributed by atoms with Gasteiger partial charge in [-0.3, -0.25) is 14.5 Å². The standard InChI is InChI=1S/C21H19N3O2/c1-16-8-10-17(11-9-16)19(25)12-14-24(18-6-4-3-5-7-18)21(26)20-22-13-15-23(20)2/h3-15H,1-2H3/b14-12+. The number of carbonyl (C=O) groups excluding carboxylic acids is 2. The van der Waals surface area contributed by atoms with Crippen LogP contribution in [0, 0.1) is 6.92 Å². The highest BCUT2D eigenvalue weighted by molar-refractivity contribution is 6.08. The minimum atomic E-state index is -0.309. The van der Waals surface area contributed by atoms with Crippen molar-refractivity contribution in [2.24, 2.45) is 7.05 Å². The first-order chi connectivity index (χ1) is 12.6. The highest BCUT2D eigenvalue weighted by Crippen LogP contribution is 2.17. The van der Waals surface area contributed by atoms with Crippen LogP contribution < -0.4 is 4.90 Å². The summed E-state index contributed by atoms with van der Waals surface area (Å²) >= 11 is 0. The van der Waals surface area contributed by atoms with Crippen molar-refractivity contribution in [3.63, 3.8) is 0 Å². The van der Waals surface area contributed by atoms with Crippen LogP contribution in [-0.4, -0.2) is 21.2 Å². The van der Waals surface area contributed by atoms with Crippen molar-refractivity contribution < 1.29 is 9.59 Å². The van der Waals surface area contributed by atoms with Gasteiger partial charge in [-0.1, -0.05) is 48.0 Å². The van der Waals surface area contributed by atoms with Crippen LogP contribution in [0.3, 0.4) is 0 Å². The van der Waals surface area contributed by atoms with E-state index in [-0.39, 0.29) is 11.7 Å². The SMILES string of the molecule is Cc1ccc(C(=O)/C=C/N(C(=O)c2nccn2C)c2ccccc2)cc1. The molecule has 26 heavy (non-hydrogen) atoms. The Kier molecular flexibility index (Phi) is 5.08. The van der Waals surface area contributed by atoms with E-state index in [2.05, 4.69) is 4.98 Å². The molecule has 0 atom stereocenters. The van der Waals surface area contributed by atoms with Gasteiger partial charge in [0.05, 0.1) is 0 Å². The minimum Gasteiger partial charge on any atom is -0.330 e. The molecule has 0 unspecified atom stereocenters. The summed E-state index contributed by atoms with van der Waals surface area (Å²) in [7, 11) is 1.75. The smallest absolute Gasteiger partial charge is 0.298 e. The van der Waals surface area contributed by atoms with Crippen molar-refractivity contribution in [3.05, 3.63) is 96.2 Å². The molecule has 130 valence electrons. The van der Waals surface area contributed by atoms with Crippen molar-refractivity contribution >= 4 is 17.4 Å². The summed E-state index contributed by atoms with van der Waals surface area (Å²) in [5.41, 5.74) is 2.32. The summed E-state index contributed by atoms with van der Waals surface area (Å²) in [5.74, 6) is -0.184. The minimum absolute atomic E-state index is 0.168. The molecule has 0 fully saturated rings. The van der Waals surface area contributed by atoms with Crippen LogP contribution in [-0.2, 0) is 7.05 Å². The first kappa shape index (κ1) is 17.4. The fourth-order valence-electron chi connectivity index (χ4n) is 2.50. The number of hydrogen-bond donors (Lipinski definition) is 0. The largest absolute Gasteiger partial charge is 0.330 e. The summed E-state index contributed by atoms with van der Waals surface area (Å²) < 4.78 is 1.65. The Morgan fingerprint density at radius 1 is 1.04 bits per heavy atom. The summed E-state index contributed by atoms with van der Waals surface area (Å²) in [4.78, 5) is 30.9. The van der Waals surface area contributed by atoms with E-state index in [0.717, 1.165) is 5.56 Å². The highest BCUT2D eigenvalue weighted by Gasteiger charge is 2.19. The Bertz CT molecular complexity index is 941. The van der Waals surface area contributed by atoms with E-state index in [1.165, 1.54) is 17.2 Å². The molecule has 3 rings (SSSR count). The maximum atomic E-state index is 12.9. The molecular weight excluding hydrogens is 326 g/mol. The van der Waals surface area contributed by atoms with E-state index >= 15 is 0 Å². The molecule has 1 aromatic heterocycles. The zero-order valence-corrected chi connectivity index (χ0v) is 14.7. The maximum Gasteiger partial charge on any atom is 0.298 e. The van der Waals surface area contributed by atoms with Crippen molar-refractivity contribution in [3.8, 4) is 0 Å². The van der Waals surface area contributed by atoms with Crippen LogP contribution in [0.4, 0.5) is 5.69 Å². The van der Waals surface area contributed by atoms with Gasteiger partial charge in [0.15, 0.2) is 11.6 Å². The van der Waals surface area contributed by atoms with Crippen LogP contribution in [0.1, 0.15) is 26.5 Å². The lowest BCUT2D eigenvalue weighted by atomic mass is 10.1. The van der Waals surface area contributed by atoms with Gasteiger partial charge < -0.3 is 4.57 Å². The van der Waals surface area contributed by atoms with E-state index in [4.69, 9.17) is 0 Å². The van der Waals surface area contributed by atoms with Gasteiger partial charge in [-0.15, -0.1) is 0 Å². The predicted molar refractivity (Wildman–Crippen MR) is 101 cm³/mol. The van der Waals surface area contributed by atoms with E-state index < -0.39 is 0 Å². The predicted octanol–water partition coefficient (Wildman–Crippen LogP) is 3.77. The van der Waals surface area contributed by atoms with Crippen LogP contribution in [0.25, 0.3) is 0 Å². The third kappa shape index (κ3) is 3.78. The first-order valence-electron chi connectivity index (χ1n) is 8.21. The third-order valence-corrected chi connectivity index (χ3v) is 3.98. The van der Waals surface area contributed by atoms with Gasteiger partial charge in [0.1, 0.15) is 0 Å². The molecule has 5 heteroatoms. The molecular formula is C21H19N3O2. The van der Waals surface area contributed by atoms with Gasteiger partial charge in [-0.2, -0.15) is 0 Å². The number of aromatic nitrogens is 2. The molecule has 1 amide bonds.